The Balaban J connectivity index is 1.25. The summed E-state index contributed by atoms with van der Waals surface area (Å²) in [5.41, 5.74) is 10.7. The molecule has 0 amide bonds. The summed E-state index contributed by atoms with van der Waals surface area (Å²) in [5.74, 6) is -0.242. The lowest BCUT2D eigenvalue weighted by Gasteiger charge is -2.22. The molecule has 3 heterocycles. The molecule has 1 unspecified atom stereocenters. The molecule has 0 bridgehead atoms. The molecule has 0 saturated carbocycles. The normalized spacial score (nSPS) is 14.9. The minimum Gasteiger partial charge on any atom is -0.454 e. The van der Waals surface area contributed by atoms with Gasteiger partial charge in [0.05, 0.1) is 45.7 Å². The Hall–Kier alpha value is -6.82. The van der Waals surface area contributed by atoms with Crippen LogP contribution in [-0.2, 0) is 0 Å². The maximum Gasteiger partial charge on any atom is 0.160 e. The van der Waals surface area contributed by atoms with E-state index in [0.717, 1.165) is 88.1 Å². The van der Waals surface area contributed by atoms with Crippen LogP contribution in [0.25, 0.3) is 82.5 Å². The molecule has 0 N–H and O–H groups in total. The van der Waals surface area contributed by atoms with Gasteiger partial charge >= 0.3 is 0 Å². The highest BCUT2D eigenvalue weighted by Crippen LogP contribution is 2.44. The zero-order chi connectivity index (χ0) is 32.6. The standard InChI is InChI=1S/C44H26N4O/c45-25-27-14-19-39(48-38-12-6-4-10-31(38)36-23-28(26-46)15-20-41(36)48)35(22-27)29-16-21-40-37(24-29)33-17-18-34-32-11-5-7-13-42(32)49-44(34)43(33)47(40)30-8-2-1-3-9-30/h1-13,15-24,27H,14H2. The van der Waals surface area contributed by atoms with Crippen molar-refractivity contribution in [2.24, 2.45) is 5.92 Å². The highest BCUT2D eigenvalue weighted by Gasteiger charge is 2.24. The Morgan fingerprint density at radius 1 is 0.612 bits per heavy atom. The molecule has 0 radical (unpaired) electrons. The number of rotatable bonds is 3. The molecule has 1 atom stereocenters. The van der Waals surface area contributed by atoms with Crippen LogP contribution in [0.15, 0.2) is 144 Å². The number of allylic oxidation sites excluding steroid dienone is 4. The Bertz CT molecular complexity index is 2990. The fourth-order valence-corrected chi connectivity index (χ4v) is 7.84. The zero-order valence-electron chi connectivity index (χ0n) is 26.3. The van der Waals surface area contributed by atoms with Gasteiger partial charge in [0, 0.05) is 49.3 Å². The second-order valence-electron chi connectivity index (χ2n) is 12.7. The molecule has 5 nitrogen and oxygen atoms in total. The second-order valence-corrected chi connectivity index (χ2v) is 12.7. The van der Waals surface area contributed by atoms with Gasteiger partial charge in [0.2, 0.25) is 0 Å². The maximum atomic E-state index is 10.1. The number of furan rings is 1. The molecule has 6 aromatic carbocycles. The average Bonchev–Trinajstić information content (AvgIpc) is 3.82. The highest BCUT2D eigenvalue weighted by atomic mass is 16.3. The number of nitriles is 2. The molecule has 228 valence electrons. The fourth-order valence-electron chi connectivity index (χ4n) is 7.84. The van der Waals surface area contributed by atoms with Gasteiger partial charge in [0.15, 0.2) is 5.58 Å². The van der Waals surface area contributed by atoms with Crippen molar-refractivity contribution in [1.29, 1.82) is 10.5 Å². The van der Waals surface area contributed by atoms with Crippen molar-refractivity contribution in [3.63, 3.8) is 0 Å². The Labute approximate surface area is 281 Å². The van der Waals surface area contributed by atoms with Gasteiger partial charge in [-0.3, -0.25) is 0 Å². The number of fused-ring (bicyclic) bond motifs is 10. The Morgan fingerprint density at radius 2 is 1.33 bits per heavy atom. The van der Waals surface area contributed by atoms with Crippen LogP contribution in [0.2, 0.25) is 0 Å². The van der Waals surface area contributed by atoms with E-state index in [1.54, 1.807) is 0 Å². The quantitative estimate of drug-likeness (QED) is 0.196. The smallest absolute Gasteiger partial charge is 0.160 e. The van der Waals surface area contributed by atoms with Gasteiger partial charge in [-0.15, -0.1) is 0 Å². The molecule has 1 aliphatic rings. The third-order valence-corrected chi connectivity index (χ3v) is 10.0. The zero-order valence-corrected chi connectivity index (χ0v) is 26.3. The summed E-state index contributed by atoms with van der Waals surface area (Å²) in [6.45, 7) is 0. The third kappa shape index (κ3) is 3.91. The Morgan fingerprint density at radius 3 is 2.18 bits per heavy atom. The summed E-state index contributed by atoms with van der Waals surface area (Å²) < 4.78 is 11.2. The van der Waals surface area contributed by atoms with Crippen molar-refractivity contribution >= 4 is 76.8 Å². The molecule has 0 spiro atoms. The number of benzene rings is 6. The van der Waals surface area contributed by atoms with Crippen molar-refractivity contribution in [2.45, 2.75) is 6.42 Å². The molecule has 5 heteroatoms. The van der Waals surface area contributed by atoms with Gasteiger partial charge in [-0.05, 0) is 72.6 Å². The summed E-state index contributed by atoms with van der Waals surface area (Å²) in [6.07, 6.45) is 4.94. The number of nitrogens with zero attached hydrogens (tertiary/aromatic N) is 4. The summed E-state index contributed by atoms with van der Waals surface area (Å²) in [4.78, 5) is 0. The van der Waals surface area contributed by atoms with E-state index >= 15 is 0 Å². The average molecular weight is 627 g/mol. The van der Waals surface area contributed by atoms with Crippen LogP contribution in [0.4, 0.5) is 0 Å². The van der Waals surface area contributed by atoms with Gasteiger partial charge in [0.25, 0.3) is 0 Å². The van der Waals surface area contributed by atoms with Gasteiger partial charge in [-0.1, -0.05) is 78.9 Å². The van der Waals surface area contributed by atoms with Crippen molar-refractivity contribution in [1.82, 2.24) is 9.13 Å². The monoisotopic (exact) mass is 626 g/mol. The molecular formula is C44H26N4O. The van der Waals surface area contributed by atoms with Crippen LogP contribution in [0.5, 0.6) is 0 Å². The summed E-state index contributed by atoms with van der Waals surface area (Å²) in [6, 6.07) is 48.7. The molecule has 0 fully saturated rings. The predicted molar refractivity (Wildman–Crippen MR) is 198 cm³/mol. The van der Waals surface area contributed by atoms with Crippen molar-refractivity contribution in [3.8, 4) is 17.8 Å². The van der Waals surface area contributed by atoms with E-state index in [-0.39, 0.29) is 5.92 Å². The van der Waals surface area contributed by atoms with E-state index in [2.05, 4.69) is 118 Å². The van der Waals surface area contributed by atoms with E-state index in [1.807, 2.05) is 42.5 Å². The van der Waals surface area contributed by atoms with Crippen LogP contribution in [-0.4, -0.2) is 9.13 Å². The molecule has 1 aliphatic carbocycles. The van der Waals surface area contributed by atoms with Gasteiger partial charge in [-0.25, -0.2) is 0 Å². The molecule has 10 rings (SSSR count). The first-order valence-electron chi connectivity index (χ1n) is 16.4. The van der Waals surface area contributed by atoms with Gasteiger partial charge < -0.3 is 13.6 Å². The van der Waals surface area contributed by atoms with E-state index in [4.69, 9.17) is 4.42 Å². The first kappa shape index (κ1) is 27.3. The van der Waals surface area contributed by atoms with Gasteiger partial charge in [-0.2, -0.15) is 10.5 Å². The van der Waals surface area contributed by atoms with E-state index in [9.17, 15) is 10.5 Å². The summed E-state index contributed by atoms with van der Waals surface area (Å²) >= 11 is 0. The topological polar surface area (TPSA) is 70.6 Å². The van der Waals surface area contributed by atoms with Crippen LogP contribution >= 0.6 is 0 Å². The number of hydrogen-bond donors (Lipinski definition) is 0. The summed E-state index contributed by atoms with van der Waals surface area (Å²) in [5, 5.41) is 26.3. The lowest BCUT2D eigenvalue weighted by atomic mass is 9.89. The molecule has 3 aromatic heterocycles. The number of aromatic nitrogens is 2. The first-order valence-corrected chi connectivity index (χ1v) is 16.4. The van der Waals surface area contributed by atoms with E-state index in [1.165, 1.54) is 0 Å². The van der Waals surface area contributed by atoms with Gasteiger partial charge in [0.1, 0.15) is 5.58 Å². The largest absolute Gasteiger partial charge is 0.454 e. The predicted octanol–water partition coefficient (Wildman–Crippen LogP) is 11.1. The number of para-hydroxylation sites is 3. The lowest BCUT2D eigenvalue weighted by molar-refractivity contribution is 0.671. The SMILES string of the molecule is N#Cc1ccc2c(c1)c1ccccc1n2C1=CCC(C#N)C=C1c1ccc2c(c1)c1ccc3c4ccccc4oc3c1n2-c1ccccc1. The first-order chi connectivity index (χ1) is 24.2. The van der Waals surface area contributed by atoms with E-state index in [0.29, 0.717) is 12.0 Å². The van der Waals surface area contributed by atoms with Crippen LogP contribution in [0, 0.1) is 28.6 Å². The molecule has 9 aromatic rings. The van der Waals surface area contributed by atoms with Crippen LogP contribution in [0.3, 0.4) is 0 Å². The number of hydrogen-bond acceptors (Lipinski definition) is 3. The van der Waals surface area contributed by atoms with Crippen LogP contribution in [0.1, 0.15) is 17.5 Å². The lowest BCUT2D eigenvalue weighted by Crippen LogP contribution is -2.07. The van der Waals surface area contributed by atoms with Crippen molar-refractivity contribution < 1.29 is 4.42 Å². The third-order valence-electron chi connectivity index (χ3n) is 10.0. The van der Waals surface area contributed by atoms with Crippen molar-refractivity contribution in [3.05, 3.63) is 151 Å². The van der Waals surface area contributed by atoms with Crippen molar-refractivity contribution in [2.75, 3.05) is 0 Å². The summed E-state index contributed by atoms with van der Waals surface area (Å²) in [7, 11) is 0. The molecular weight excluding hydrogens is 601 g/mol. The minimum atomic E-state index is -0.242. The van der Waals surface area contributed by atoms with Crippen LogP contribution < -0.4 is 0 Å². The van der Waals surface area contributed by atoms with E-state index < -0.39 is 0 Å². The maximum absolute atomic E-state index is 10.1. The fraction of sp³-hybridized carbons (Fsp3) is 0.0455. The molecule has 0 aliphatic heterocycles. The highest BCUT2D eigenvalue weighted by molar-refractivity contribution is 6.22. The Kier molecular flexibility index (Phi) is 5.76. The minimum absolute atomic E-state index is 0.242. The second kappa shape index (κ2) is 10.3. The molecule has 0 saturated heterocycles. The molecule has 49 heavy (non-hydrogen) atoms.